The summed E-state index contributed by atoms with van der Waals surface area (Å²) in [4.78, 5) is 38.3. The molecule has 1 saturated heterocycles. The number of nitrogen functional groups attached to an aromatic ring is 1. The third kappa shape index (κ3) is 5.04. The number of carbonyl (C=O) groups excluding carboxylic acids is 2. The van der Waals surface area contributed by atoms with Crippen LogP contribution < -0.4 is 10.5 Å². The fourth-order valence-corrected chi connectivity index (χ4v) is 5.00. The van der Waals surface area contributed by atoms with Crippen LogP contribution in [0.25, 0.3) is 10.9 Å². The highest BCUT2D eigenvalue weighted by Crippen LogP contribution is 2.29. The second-order valence-electron chi connectivity index (χ2n) is 8.12. The second-order valence-corrected chi connectivity index (χ2v) is 9.80. The van der Waals surface area contributed by atoms with Gasteiger partial charge < -0.3 is 20.3 Å². The summed E-state index contributed by atoms with van der Waals surface area (Å²) in [5.41, 5.74) is 7.62. The lowest BCUT2D eigenvalue weighted by Crippen LogP contribution is -2.62. The fourth-order valence-electron chi connectivity index (χ4n) is 4.12. The first-order valence-electron chi connectivity index (χ1n) is 10.8. The minimum atomic E-state index is -0.507. The second kappa shape index (κ2) is 9.93. The zero-order valence-corrected chi connectivity index (χ0v) is 20.1. The van der Waals surface area contributed by atoms with E-state index in [-0.39, 0.29) is 24.5 Å². The number of benzene rings is 1. The molecule has 4 rings (SSSR count). The van der Waals surface area contributed by atoms with Crippen LogP contribution in [0.15, 0.2) is 36.7 Å². The average molecular weight is 488 g/mol. The van der Waals surface area contributed by atoms with Crippen LogP contribution in [0.2, 0.25) is 4.34 Å². The number of carbonyl (C=O) groups is 2. The molecule has 2 aromatic heterocycles. The molecular formula is C23H26ClN5O3S. The molecule has 1 aromatic carbocycles. The molecule has 0 unspecified atom stereocenters. The Kier molecular flexibility index (Phi) is 6.99. The SMILES string of the molecule is CCC[C@H]1C(=O)N(Cc2ccc3c(N)ncnc3c2)[C@H](C)CN1C(=O)COc1ccc(Cl)s1. The van der Waals surface area contributed by atoms with Crippen LogP contribution in [0.5, 0.6) is 5.06 Å². The molecule has 0 bridgehead atoms. The maximum atomic E-state index is 13.5. The van der Waals surface area contributed by atoms with Gasteiger partial charge in [-0.05, 0) is 43.2 Å². The van der Waals surface area contributed by atoms with Gasteiger partial charge in [-0.15, -0.1) is 0 Å². The fraction of sp³-hybridized carbons (Fsp3) is 0.391. The predicted molar refractivity (Wildman–Crippen MR) is 129 cm³/mol. The third-order valence-electron chi connectivity index (χ3n) is 5.79. The lowest BCUT2D eigenvalue weighted by atomic mass is 10.0. The summed E-state index contributed by atoms with van der Waals surface area (Å²) in [6.45, 7) is 4.74. The van der Waals surface area contributed by atoms with Gasteiger partial charge in [0.1, 0.15) is 18.2 Å². The maximum absolute atomic E-state index is 13.5. The molecule has 2 amide bonds. The summed E-state index contributed by atoms with van der Waals surface area (Å²) in [5, 5.41) is 1.37. The van der Waals surface area contributed by atoms with Crippen molar-refractivity contribution in [3.63, 3.8) is 0 Å². The van der Waals surface area contributed by atoms with Crippen molar-refractivity contribution >= 4 is 51.5 Å². The van der Waals surface area contributed by atoms with Crippen molar-refractivity contribution in [1.29, 1.82) is 0 Å². The van der Waals surface area contributed by atoms with Gasteiger partial charge in [-0.1, -0.05) is 42.3 Å². The number of amides is 2. The van der Waals surface area contributed by atoms with Crippen LogP contribution in [0.4, 0.5) is 5.82 Å². The normalized spacial score (nSPS) is 18.7. The predicted octanol–water partition coefficient (Wildman–Crippen LogP) is 3.73. The van der Waals surface area contributed by atoms with Crippen LogP contribution in [0.3, 0.4) is 0 Å². The Labute approximate surface area is 201 Å². The van der Waals surface area contributed by atoms with Gasteiger partial charge in [0.2, 0.25) is 5.91 Å². The van der Waals surface area contributed by atoms with Crippen molar-refractivity contribution in [3.05, 3.63) is 46.6 Å². The van der Waals surface area contributed by atoms with Gasteiger partial charge in [0, 0.05) is 24.5 Å². The number of ether oxygens (including phenoxy) is 1. The van der Waals surface area contributed by atoms with Crippen LogP contribution in [-0.2, 0) is 16.1 Å². The lowest BCUT2D eigenvalue weighted by molar-refractivity contribution is -0.156. The molecule has 1 aliphatic rings. The van der Waals surface area contributed by atoms with Crippen molar-refractivity contribution in [2.75, 3.05) is 18.9 Å². The molecular weight excluding hydrogens is 462 g/mol. The van der Waals surface area contributed by atoms with E-state index in [1.165, 1.54) is 17.7 Å². The van der Waals surface area contributed by atoms with E-state index in [1.54, 1.807) is 17.0 Å². The number of nitrogens with two attached hydrogens (primary N) is 1. The van der Waals surface area contributed by atoms with E-state index in [0.717, 1.165) is 22.9 Å². The van der Waals surface area contributed by atoms with Gasteiger partial charge in [0.25, 0.3) is 5.91 Å². The number of hydrogen-bond acceptors (Lipinski definition) is 7. The molecule has 174 valence electrons. The van der Waals surface area contributed by atoms with Gasteiger partial charge in [-0.25, -0.2) is 9.97 Å². The van der Waals surface area contributed by atoms with Crippen molar-refractivity contribution in [2.45, 2.75) is 45.3 Å². The Morgan fingerprint density at radius 3 is 2.85 bits per heavy atom. The number of fused-ring (bicyclic) bond motifs is 1. The molecule has 10 heteroatoms. The minimum Gasteiger partial charge on any atom is -0.474 e. The molecule has 0 saturated carbocycles. The monoisotopic (exact) mass is 487 g/mol. The molecule has 3 heterocycles. The summed E-state index contributed by atoms with van der Waals surface area (Å²) in [5.74, 6) is 0.180. The van der Waals surface area contributed by atoms with Gasteiger partial charge in [-0.3, -0.25) is 9.59 Å². The lowest BCUT2D eigenvalue weighted by Gasteiger charge is -2.44. The summed E-state index contributed by atoms with van der Waals surface area (Å²) in [7, 11) is 0. The highest BCUT2D eigenvalue weighted by molar-refractivity contribution is 7.17. The average Bonchev–Trinajstić information content (AvgIpc) is 3.22. The number of thiophene rings is 1. The number of nitrogens with zero attached hydrogens (tertiary/aromatic N) is 4. The van der Waals surface area contributed by atoms with Crippen LogP contribution in [0, 0.1) is 0 Å². The molecule has 0 aliphatic carbocycles. The van der Waals surface area contributed by atoms with Crippen molar-refractivity contribution in [1.82, 2.24) is 19.8 Å². The quantitative estimate of drug-likeness (QED) is 0.544. The number of anilines is 1. The zero-order valence-electron chi connectivity index (χ0n) is 18.5. The number of hydrogen-bond donors (Lipinski definition) is 1. The summed E-state index contributed by atoms with van der Waals surface area (Å²) in [6, 6.07) is 8.56. The van der Waals surface area contributed by atoms with Gasteiger partial charge in [-0.2, -0.15) is 0 Å². The van der Waals surface area contributed by atoms with E-state index in [4.69, 9.17) is 22.1 Å². The van der Waals surface area contributed by atoms with Gasteiger partial charge >= 0.3 is 0 Å². The highest BCUT2D eigenvalue weighted by atomic mass is 35.5. The Bertz CT molecular complexity index is 1170. The van der Waals surface area contributed by atoms with Gasteiger partial charge in [0.15, 0.2) is 11.7 Å². The Morgan fingerprint density at radius 2 is 2.12 bits per heavy atom. The Morgan fingerprint density at radius 1 is 1.30 bits per heavy atom. The van der Waals surface area contributed by atoms with E-state index in [2.05, 4.69) is 9.97 Å². The molecule has 1 fully saturated rings. The Balaban J connectivity index is 1.49. The van der Waals surface area contributed by atoms with E-state index < -0.39 is 6.04 Å². The number of halogens is 1. The molecule has 0 spiro atoms. The zero-order chi connectivity index (χ0) is 23.5. The third-order valence-corrected chi connectivity index (χ3v) is 6.93. The molecule has 8 nitrogen and oxygen atoms in total. The van der Waals surface area contributed by atoms with E-state index in [9.17, 15) is 9.59 Å². The van der Waals surface area contributed by atoms with E-state index in [0.29, 0.717) is 34.7 Å². The molecule has 2 N–H and O–H groups in total. The van der Waals surface area contributed by atoms with Gasteiger partial charge in [0.05, 0.1) is 9.85 Å². The summed E-state index contributed by atoms with van der Waals surface area (Å²) in [6.07, 6.45) is 2.82. The van der Waals surface area contributed by atoms with Crippen molar-refractivity contribution < 1.29 is 14.3 Å². The van der Waals surface area contributed by atoms with Crippen LogP contribution in [-0.4, -0.2) is 56.8 Å². The molecule has 33 heavy (non-hydrogen) atoms. The van der Waals surface area contributed by atoms with E-state index >= 15 is 0 Å². The van der Waals surface area contributed by atoms with E-state index in [1.807, 2.05) is 36.9 Å². The summed E-state index contributed by atoms with van der Waals surface area (Å²) >= 11 is 7.20. The molecule has 0 radical (unpaired) electrons. The highest BCUT2D eigenvalue weighted by Gasteiger charge is 2.40. The molecule has 2 atom stereocenters. The first-order chi connectivity index (χ1) is 15.9. The first-order valence-corrected chi connectivity index (χ1v) is 12.0. The maximum Gasteiger partial charge on any atom is 0.261 e. The number of aromatic nitrogens is 2. The number of rotatable bonds is 7. The molecule has 1 aliphatic heterocycles. The topological polar surface area (TPSA) is 102 Å². The van der Waals surface area contributed by atoms with Crippen LogP contribution >= 0.6 is 22.9 Å². The standard InChI is InChI=1S/C23H26ClN5O3S/c1-3-4-18-23(31)28(11-15-5-6-16-17(9-15)26-13-27-22(16)25)14(2)10-29(18)20(30)12-32-21-8-7-19(24)33-21/h5-9,13-14,18H,3-4,10-12H2,1-2H3,(H2,25,26,27)/t14-,18+/m1/s1. The summed E-state index contributed by atoms with van der Waals surface area (Å²) < 4.78 is 6.21. The molecule has 3 aromatic rings. The van der Waals surface area contributed by atoms with Crippen molar-refractivity contribution in [2.24, 2.45) is 0 Å². The van der Waals surface area contributed by atoms with Crippen molar-refractivity contribution in [3.8, 4) is 5.06 Å². The first kappa shape index (κ1) is 23.3. The minimum absolute atomic E-state index is 0.0505. The number of piperazine rings is 1. The smallest absolute Gasteiger partial charge is 0.261 e. The Hall–Kier alpha value is -2.91. The van der Waals surface area contributed by atoms with Crippen LogP contribution in [0.1, 0.15) is 32.3 Å². The largest absolute Gasteiger partial charge is 0.474 e.